The number of nitrogens with one attached hydrogen (secondary N) is 1. The van der Waals surface area contributed by atoms with E-state index in [-0.39, 0.29) is 0 Å². The number of benzene rings is 3. The van der Waals surface area contributed by atoms with Crippen molar-refractivity contribution < 1.29 is 8.42 Å². The molecule has 152 valence electrons. The topological polar surface area (TPSA) is 54.9 Å². The van der Waals surface area contributed by atoms with Crippen molar-refractivity contribution >= 4 is 63.7 Å². The quantitative estimate of drug-likeness (QED) is 0.263. The van der Waals surface area contributed by atoms with Gasteiger partial charge in [0.15, 0.2) is 0 Å². The van der Waals surface area contributed by atoms with Gasteiger partial charge in [0.1, 0.15) is 0 Å². The molecule has 3 aromatic carbocycles. The molecule has 5 aromatic rings. The number of H-pyrrole nitrogens is 1. The highest BCUT2D eigenvalue weighted by molar-refractivity contribution is 9.10. The lowest BCUT2D eigenvalue weighted by Gasteiger charge is -2.08. The maximum atomic E-state index is 12.7. The molecule has 2 aromatic heterocycles. The summed E-state index contributed by atoms with van der Waals surface area (Å²) in [6, 6.07) is 22.4. The van der Waals surface area contributed by atoms with E-state index in [0.717, 1.165) is 19.9 Å². The van der Waals surface area contributed by atoms with Crippen molar-refractivity contribution in [3.63, 3.8) is 0 Å². The number of hydrogen-bond donors (Lipinski definition) is 1. The maximum Gasteiger partial charge on any atom is 0.268 e. The predicted molar refractivity (Wildman–Crippen MR) is 129 cm³/mol. The monoisotopic (exact) mass is 544 g/mol. The van der Waals surface area contributed by atoms with Gasteiger partial charge in [0.2, 0.25) is 0 Å². The summed E-state index contributed by atoms with van der Waals surface area (Å²) in [5.74, 6) is 0. The van der Waals surface area contributed by atoms with Crippen molar-refractivity contribution in [2.75, 3.05) is 0 Å². The zero-order valence-corrected chi connectivity index (χ0v) is 20.0. The van der Waals surface area contributed by atoms with E-state index >= 15 is 0 Å². The Kier molecular flexibility index (Phi) is 5.86. The Morgan fingerprint density at radius 1 is 0.800 bits per heavy atom. The number of fused-ring (bicyclic) bond motifs is 2. The minimum Gasteiger partial charge on any atom is -0.361 e. The van der Waals surface area contributed by atoms with Gasteiger partial charge in [0.25, 0.3) is 10.0 Å². The van der Waals surface area contributed by atoms with Crippen LogP contribution in [0.15, 0.2) is 99.0 Å². The minimum atomic E-state index is -3.55. The summed E-state index contributed by atoms with van der Waals surface area (Å²) < 4.78 is 28.7. The molecule has 0 atom stereocenters. The normalized spacial score (nSPS) is 11.4. The number of rotatable bonds is 2. The van der Waals surface area contributed by atoms with Crippen LogP contribution >= 0.6 is 31.9 Å². The van der Waals surface area contributed by atoms with Crippen LogP contribution in [-0.4, -0.2) is 17.4 Å². The third kappa shape index (κ3) is 4.24. The standard InChI is InChI=1S/C15H12BrNO2S.C8H6BrN/c1-11-2-5-14(6-3-11)20(18,19)17-9-8-12-10-13(16)4-7-15(12)17;9-7-1-2-8-6(5-7)3-4-10-8/h2-10H,1H3;1-5,10H. The molecule has 0 bridgehead atoms. The predicted octanol–water partition coefficient (Wildman–Crippen LogP) is 6.88. The number of nitrogens with zero attached hydrogens (tertiary/aromatic N) is 1. The SMILES string of the molecule is Brc1ccc2[nH]ccc2c1.Cc1ccc(S(=O)(=O)n2ccc3cc(Br)ccc32)cc1. The van der Waals surface area contributed by atoms with Gasteiger partial charge in [0, 0.05) is 37.6 Å². The van der Waals surface area contributed by atoms with Crippen LogP contribution in [0.25, 0.3) is 21.8 Å². The average Bonchev–Trinajstić information content (AvgIpc) is 3.35. The third-order valence-corrected chi connectivity index (χ3v) is 7.40. The molecule has 0 saturated heterocycles. The molecular weight excluding hydrogens is 528 g/mol. The molecule has 0 saturated carbocycles. The van der Waals surface area contributed by atoms with E-state index in [1.807, 2.05) is 31.3 Å². The summed E-state index contributed by atoms with van der Waals surface area (Å²) in [5, 5.41) is 2.13. The van der Waals surface area contributed by atoms with Crippen molar-refractivity contribution in [3.05, 3.63) is 99.7 Å². The van der Waals surface area contributed by atoms with Crippen LogP contribution in [0.3, 0.4) is 0 Å². The van der Waals surface area contributed by atoms with Crippen LogP contribution in [0.2, 0.25) is 0 Å². The zero-order chi connectivity index (χ0) is 21.3. The first-order valence-corrected chi connectivity index (χ1v) is 12.2. The molecule has 0 aliphatic heterocycles. The number of aromatic amines is 1. The number of halogens is 2. The lowest BCUT2D eigenvalue weighted by Crippen LogP contribution is -2.11. The lowest BCUT2D eigenvalue weighted by molar-refractivity contribution is 0.589. The van der Waals surface area contributed by atoms with E-state index in [9.17, 15) is 8.42 Å². The van der Waals surface area contributed by atoms with Crippen LogP contribution in [0, 0.1) is 6.92 Å². The second-order valence-electron chi connectivity index (χ2n) is 6.84. The van der Waals surface area contributed by atoms with Crippen LogP contribution < -0.4 is 0 Å². The van der Waals surface area contributed by atoms with Gasteiger partial charge in [-0.25, -0.2) is 12.4 Å². The van der Waals surface area contributed by atoms with Crippen molar-refractivity contribution in [1.82, 2.24) is 8.96 Å². The Morgan fingerprint density at radius 3 is 2.20 bits per heavy atom. The number of aryl methyl sites for hydroxylation is 1. The van der Waals surface area contributed by atoms with E-state index in [1.165, 1.54) is 14.9 Å². The van der Waals surface area contributed by atoms with Gasteiger partial charge in [-0.3, -0.25) is 0 Å². The van der Waals surface area contributed by atoms with E-state index in [1.54, 1.807) is 42.6 Å². The van der Waals surface area contributed by atoms with Gasteiger partial charge in [-0.05, 0) is 67.6 Å². The molecule has 0 aliphatic carbocycles. The fourth-order valence-corrected chi connectivity index (χ4v) is 5.26. The summed E-state index contributed by atoms with van der Waals surface area (Å²) in [6.45, 7) is 1.93. The van der Waals surface area contributed by atoms with E-state index in [0.29, 0.717) is 10.4 Å². The molecule has 0 fully saturated rings. The summed E-state index contributed by atoms with van der Waals surface area (Å²) in [7, 11) is -3.55. The first-order valence-electron chi connectivity index (χ1n) is 9.16. The summed E-state index contributed by atoms with van der Waals surface area (Å²) in [5.41, 5.74) is 2.89. The first kappa shape index (κ1) is 20.9. The molecule has 2 heterocycles. The third-order valence-electron chi connectivity index (χ3n) is 4.71. The van der Waals surface area contributed by atoms with E-state index in [2.05, 4.69) is 55.0 Å². The second-order valence-corrected chi connectivity index (χ2v) is 10.5. The zero-order valence-electron chi connectivity index (χ0n) is 16.0. The molecule has 0 aliphatic rings. The minimum absolute atomic E-state index is 0.295. The fourth-order valence-electron chi connectivity index (χ4n) is 3.15. The van der Waals surface area contributed by atoms with Gasteiger partial charge in [-0.1, -0.05) is 49.6 Å². The molecule has 1 N–H and O–H groups in total. The van der Waals surface area contributed by atoms with Crippen molar-refractivity contribution in [2.24, 2.45) is 0 Å². The maximum absolute atomic E-state index is 12.7. The van der Waals surface area contributed by atoms with Gasteiger partial charge in [-0.2, -0.15) is 0 Å². The fraction of sp³-hybridized carbons (Fsp3) is 0.0435. The van der Waals surface area contributed by atoms with E-state index < -0.39 is 10.0 Å². The number of hydrogen-bond acceptors (Lipinski definition) is 2. The Morgan fingerprint density at radius 2 is 1.47 bits per heavy atom. The molecule has 0 amide bonds. The summed E-state index contributed by atoms with van der Waals surface area (Å²) >= 11 is 6.79. The number of aromatic nitrogens is 2. The lowest BCUT2D eigenvalue weighted by atomic mass is 10.2. The van der Waals surface area contributed by atoms with Gasteiger partial charge >= 0.3 is 0 Å². The Balaban J connectivity index is 0.000000181. The summed E-state index contributed by atoms with van der Waals surface area (Å²) in [4.78, 5) is 3.42. The van der Waals surface area contributed by atoms with Crippen molar-refractivity contribution in [1.29, 1.82) is 0 Å². The Hall–Kier alpha value is -2.35. The largest absolute Gasteiger partial charge is 0.361 e. The van der Waals surface area contributed by atoms with E-state index in [4.69, 9.17) is 0 Å². The average molecular weight is 546 g/mol. The molecular formula is C23H18Br2N2O2S. The molecule has 5 rings (SSSR count). The van der Waals surface area contributed by atoms with Crippen molar-refractivity contribution in [3.8, 4) is 0 Å². The Labute approximate surface area is 191 Å². The second kappa shape index (κ2) is 8.41. The molecule has 7 heteroatoms. The smallest absolute Gasteiger partial charge is 0.268 e. The molecule has 0 unspecified atom stereocenters. The van der Waals surface area contributed by atoms with Gasteiger partial charge < -0.3 is 4.98 Å². The Bertz CT molecular complexity index is 1440. The van der Waals surface area contributed by atoms with Gasteiger partial charge in [-0.15, -0.1) is 0 Å². The van der Waals surface area contributed by atoms with Crippen LogP contribution in [0.4, 0.5) is 0 Å². The highest BCUT2D eigenvalue weighted by Gasteiger charge is 2.18. The molecule has 30 heavy (non-hydrogen) atoms. The van der Waals surface area contributed by atoms with Crippen molar-refractivity contribution in [2.45, 2.75) is 11.8 Å². The van der Waals surface area contributed by atoms with Gasteiger partial charge in [0.05, 0.1) is 10.4 Å². The van der Waals surface area contributed by atoms with Crippen LogP contribution in [0.1, 0.15) is 5.56 Å². The first-order chi connectivity index (χ1) is 14.3. The molecule has 0 radical (unpaired) electrons. The van der Waals surface area contributed by atoms with Crippen LogP contribution in [-0.2, 0) is 10.0 Å². The van der Waals surface area contributed by atoms with Crippen LogP contribution in [0.5, 0.6) is 0 Å². The highest BCUT2D eigenvalue weighted by Crippen LogP contribution is 2.25. The summed E-state index contributed by atoms with van der Waals surface area (Å²) in [6.07, 6.45) is 3.53. The molecule has 4 nitrogen and oxygen atoms in total. The molecule has 0 spiro atoms. The highest BCUT2D eigenvalue weighted by atomic mass is 79.9.